The van der Waals surface area contributed by atoms with E-state index in [1.807, 2.05) is 0 Å². The van der Waals surface area contributed by atoms with Crippen LogP contribution in [0.1, 0.15) is 45.4 Å². The van der Waals surface area contributed by atoms with E-state index in [0.717, 1.165) is 51.5 Å². The first-order chi connectivity index (χ1) is 11.2. The van der Waals surface area contributed by atoms with Crippen LogP contribution in [0.4, 0.5) is 0 Å². The number of nitrogens with zero attached hydrogens (tertiary/aromatic N) is 2. The van der Waals surface area contributed by atoms with E-state index in [9.17, 15) is 4.79 Å². The summed E-state index contributed by atoms with van der Waals surface area (Å²) < 4.78 is 5.25. The van der Waals surface area contributed by atoms with Gasteiger partial charge in [-0.05, 0) is 26.2 Å². The van der Waals surface area contributed by atoms with Crippen molar-refractivity contribution in [2.45, 2.75) is 51.5 Å². The van der Waals surface area contributed by atoms with Crippen molar-refractivity contribution in [3.63, 3.8) is 0 Å². The second-order valence-corrected chi connectivity index (χ2v) is 6.59. The van der Waals surface area contributed by atoms with Crippen molar-refractivity contribution in [1.82, 2.24) is 15.5 Å². The smallest absolute Gasteiger partial charge is 0.222 e. The van der Waals surface area contributed by atoms with Gasteiger partial charge in [-0.25, -0.2) is 0 Å². The maximum absolute atomic E-state index is 12.0. The van der Waals surface area contributed by atoms with Crippen LogP contribution in [-0.2, 0) is 9.53 Å². The lowest BCUT2D eigenvalue weighted by Crippen LogP contribution is -2.40. The van der Waals surface area contributed by atoms with Gasteiger partial charge in [-0.1, -0.05) is 12.8 Å². The highest BCUT2D eigenvalue weighted by Gasteiger charge is 2.24. The van der Waals surface area contributed by atoms with Crippen molar-refractivity contribution in [3.05, 3.63) is 0 Å². The number of carbonyl (C=O) groups excluding carboxylic acids is 1. The predicted octanol–water partition coefficient (Wildman–Crippen LogP) is 1.37. The summed E-state index contributed by atoms with van der Waals surface area (Å²) in [6.07, 6.45) is 6.36. The number of carbonyl (C=O) groups is 1. The zero-order chi connectivity index (χ0) is 16.5. The molecule has 1 heterocycles. The number of guanidine groups is 1. The second kappa shape index (κ2) is 9.75. The van der Waals surface area contributed by atoms with Crippen LogP contribution < -0.4 is 10.6 Å². The van der Waals surface area contributed by atoms with Gasteiger partial charge in [0, 0.05) is 45.1 Å². The number of hydrogen-bond donors (Lipinski definition) is 2. The summed E-state index contributed by atoms with van der Waals surface area (Å²) in [4.78, 5) is 18.9. The first kappa shape index (κ1) is 18.0. The molecule has 2 N–H and O–H groups in total. The molecule has 1 aliphatic heterocycles. The second-order valence-electron chi connectivity index (χ2n) is 6.59. The van der Waals surface area contributed by atoms with E-state index in [-0.39, 0.29) is 5.91 Å². The molecule has 132 valence electrons. The van der Waals surface area contributed by atoms with Crippen LogP contribution in [-0.4, -0.2) is 62.7 Å². The monoisotopic (exact) mass is 324 g/mol. The van der Waals surface area contributed by atoms with Crippen LogP contribution in [0, 0.1) is 5.92 Å². The van der Waals surface area contributed by atoms with E-state index in [1.165, 1.54) is 12.8 Å². The summed E-state index contributed by atoms with van der Waals surface area (Å²) in [5.74, 6) is 1.64. The molecule has 0 aromatic carbocycles. The number of rotatable bonds is 7. The molecule has 23 heavy (non-hydrogen) atoms. The maximum atomic E-state index is 12.0. The Balaban J connectivity index is 1.75. The van der Waals surface area contributed by atoms with Gasteiger partial charge >= 0.3 is 0 Å². The molecule has 1 amide bonds. The molecule has 1 aliphatic carbocycles. The molecule has 0 spiro atoms. The van der Waals surface area contributed by atoms with Crippen molar-refractivity contribution in [3.8, 4) is 0 Å². The summed E-state index contributed by atoms with van der Waals surface area (Å²) in [6, 6.07) is 0.396. The Labute approximate surface area is 140 Å². The van der Waals surface area contributed by atoms with E-state index < -0.39 is 0 Å². The minimum atomic E-state index is 0.134. The van der Waals surface area contributed by atoms with Gasteiger partial charge in [-0.15, -0.1) is 0 Å². The zero-order valence-corrected chi connectivity index (χ0v) is 14.6. The Morgan fingerprint density at radius 2 is 2.09 bits per heavy atom. The summed E-state index contributed by atoms with van der Waals surface area (Å²) >= 11 is 0. The Kier molecular flexibility index (Phi) is 7.65. The highest BCUT2D eigenvalue weighted by atomic mass is 16.5. The van der Waals surface area contributed by atoms with Gasteiger partial charge in [0.05, 0.1) is 13.2 Å². The highest BCUT2D eigenvalue weighted by molar-refractivity contribution is 5.81. The molecule has 2 rings (SSSR count). The van der Waals surface area contributed by atoms with Gasteiger partial charge in [0.15, 0.2) is 5.96 Å². The van der Waals surface area contributed by atoms with Crippen molar-refractivity contribution in [2.24, 2.45) is 10.9 Å². The molecule has 0 bridgehead atoms. The van der Waals surface area contributed by atoms with Crippen LogP contribution in [0.2, 0.25) is 0 Å². The molecule has 1 unspecified atom stereocenters. The van der Waals surface area contributed by atoms with E-state index >= 15 is 0 Å². The first-order valence-corrected chi connectivity index (χ1v) is 9.04. The van der Waals surface area contributed by atoms with Gasteiger partial charge in [0.25, 0.3) is 0 Å². The fourth-order valence-corrected chi connectivity index (χ4v) is 3.46. The third kappa shape index (κ3) is 6.01. The third-order valence-corrected chi connectivity index (χ3v) is 4.64. The van der Waals surface area contributed by atoms with Crippen molar-refractivity contribution >= 4 is 11.9 Å². The minimum Gasteiger partial charge on any atom is -0.384 e. The van der Waals surface area contributed by atoms with Crippen molar-refractivity contribution in [2.75, 3.05) is 39.9 Å². The number of nitrogens with one attached hydrogen (secondary N) is 2. The van der Waals surface area contributed by atoms with E-state index in [1.54, 1.807) is 7.11 Å². The van der Waals surface area contributed by atoms with Crippen LogP contribution >= 0.6 is 0 Å². The highest BCUT2D eigenvalue weighted by Crippen LogP contribution is 2.18. The molecule has 1 atom stereocenters. The van der Waals surface area contributed by atoms with Gasteiger partial charge in [0.2, 0.25) is 5.91 Å². The number of aliphatic imine (C=N–C) groups is 1. The lowest BCUT2D eigenvalue weighted by atomic mass is 10.1. The van der Waals surface area contributed by atoms with Crippen LogP contribution in [0.5, 0.6) is 0 Å². The average Bonchev–Trinajstić information content (AvgIpc) is 3.18. The Bertz CT molecular complexity index is 394. The van der Waals surface area contributed by atoms with Crippen molar-refractivity contribution in [1.29, 1.82) is 0 Å². The van der Waals surface area contributed by atoms with Gasteiger partial charge in [-0.2, -0.15) is 0 Å². The quantitative estimate of drug-likeness (QED) is 0.548. The summed E-state index contributed by atoms with van der Waals surface area (Å²) in [6.45, 7) is 6.26. The fraction of sp³-hybridized carbons (Fsp3) is 0.882. The van der Waals surface area contributed by atoms with E-state index in [4.69, 9.17) is 4.74 Å². The molecular weight excluding hydrogens is 292 g/mol. The van der Waals surface area contributed by atoms with Crippen molar-refractivity contribution < 1.29 is 9.53 Å². The Morgan fingerprint density at radius 1 is 1.30 bits per heavy atom. The maximum Gasteiger partial charge on any atom is 0.222 e. The first-order valence-electron chi connectivity index (χ1n) is 9.04. The van der Waals surface area contributed by atoms with E-state index in [2.05, 4.69) is 27.4 Å². The number of ether oxygens (including phenoxy) is 1. The van der Waals surface area contributed by atoms with Crippen LogP contribution in [0.3, 0.4) is 0 Å². The molecule has 2 aliphatic rings. The molecule has 1 saturated carbocycles. The van der Waals surface area contributed by atoms with Crippen LogP contribution in [0.25, 0.3) is 0 Å². The average molecular weight is 324 g/mol. The molecule has 0 aromatic heterocycles. The standard InChI is InChI=1S/C17H32N4O2/c1-3-18-17(21-11-9-14(12-21)13-23-2)19-10-8-16(22)20-15-6-4-5-7-15/h14-15H,3-13H2,1-2H3,(H,18,19)(H,20,22). The largest absolute Gasteiger partial charge is 0.384 e. The molecule has 6 heteroatoms. The number of hydrogen-bond acceptors (Lipinski definition) is 3. The lowest BCUT2D eigenvalue weighted by molar-refractivity contribution is -0.121. The zero-order valence-electron chi connectivity index (χ0n) is 14.6. The normalized spacial score (nSPS) is 22.6. The summed E-state index contributed by atoms with van der Waals surface area (Å²) in [5.41, 5.74) is 0. The molecule has 1 saturated heterocycles. The molecule has 2 fully saturated rings. The number of likely N-dealkylation sites (tertiary alicyclic amines) is 1. The molecular formula is C17H32N4O2. The van der Waals surface area contributed by atoms with Gasteiger partial charge in [0.1, 0.15) is 0 Å². The molecule has 6 nitrogen and oxygen atoms in total. The topological polar surface area (TPSA) is 66.0 Å². The van der Waals surface area contributed by atoms with E-state index in [0.29, 0.717) is 24.9 Å². The minimum absolute atomic E-state index is 0.134. The third-order valence-electron chi connectivity index (χ3n) is 4.64. The molecule has 0 aromatic rings. The fourth-order valence-electron chi connectivity index (χ4n) is 3.46. The van der Waals surface area contributed by atoms with Gasteiger partial charge in [-0.3, -0.25) is 9.79 Å². The van der Waals surface area contributed by atoms with Crippen LogP contribution in [0.15, 0.2) is 4.99 Å². The van der Waals surface area contributed by atoms with Gasteiger partial charge < -0.3 is 20.3 Å². The summed E-state index contributed by atoms with van der Waals surface area (Å²) in [7, 11) is 1.75. The molecule has 0 radical (unpaired) electrons. The number of methoxy groups -OCH3 is 1. The summed E-state index contributed by atoms with van der Waals surface area (Å²) in [5, 5.41) is 6.46. The Morgan fingerprint density at radius 3 is 2.78 bits per heavy atom. The Hall–Kier alpha value is -1.30. The predicted molar refractivity (Wildman–Crippen MR) is 92.6 cm³/mol. The lowest BCUT2D eigenvalue weighted by Gasteiger charge is -2.21. The SMILES string of the molecule is CCNC(=NCCC(=O)NC1CCCC1)N1CCC(COC)C1. The number of amides is 1.